The lowest BCUT2D eigenvalue weighted by Crippen LogP contribution is -2.51. The predicted molar refractivity (Wildman–Crippen MR) is 138 cm³/mol. The van der Waals surface area contributed by atoms with Gasteiger partial charge in [-0.2, -0.15) is 9.89 Å². The van der Waals surface area contributed by atoms with Gasteiger partial charge in [0, 0.05) is 48.4 Å². The van der Waals surface area contributed by atoms with E-state index in [-0.39, 0.29) is 12.1 Å². The second kappa shape index (κ2) is 8.65. The molecule has 36 heavy (non-hydrogen) atoms. The highest BCUT2D eigenvalue weighted by molar-refractivity contribution is 5.89. The van der Waals surface area contributed by atoms with E-state index in [0.717, 1.165) is 22.3 Å². The smallest absolute Gasteiger partial charge is 0.406 e. The van der Waals surface area contributed by atoms with Crippen LogP contribution in [0.1, 0.15) is 34.6 Å². The fourth-order valence-corrected chi connectivity index (χ4v) is 4.74. The highest BCUT2D eigenvalue weighted by atomic mass is 19.1. The molecule has 0 spiro atoms. The van der Waals surface area contributed by atoms with Gasteiger partial charge >= 0.3 is 6.09 Å². The molecular formula is C27H30FN6O2+. The zero-order valence-electron chi connectivity index (χ0n) is 21.4. The molecule has 3 heterocycles. The number of aryl methyl sites for hydroxylation is 1. The maximum atomic E-state index is 14.6. The van der Waals surface area contributed by atoms with Crippen molar-refractivity contribution < 1.29 is 18.5 Å². The molecule has 8 nitrogen and oxygen atoms in total. The first-order valence-electron chi connectivity index (χ1n) is 12.0. The van der Waals surface area contributed by atoms with Gasteiger partial charge < -0.3 is 9.64 Å². The lowest BCUT2D eigenvalue weighted by Gasteiger charge is -2.31. The van der Waals surface area contributed by atoms with Crippen LogP contribution in [0.5, 0.6) is 0 Å². The highest BCUT2D eigenvalue weighted by Crippen LogP contribution is 2.27. The summed E-state index contributed by atoms with van der Waals surface area (Å²) >= 11 is 0. The number of carbonyl (C=O) groups is 1. The average Bonchev–Trinajstić information content (AvgIpc) is 3.17. The maximum absolute atomic E-state index is 14.6. The molecule has 2 aromatic heterocycles. The van der Waals surface area contributed by atoms with Crippen LogP contribution in [0.2, 0.25) is 0 Å². The molecule has 0 bridgehead atoms. The van der Waals surface area contributed by atoms with Crippen LogP contribution >= 0.6 is 0 Å². The Morgan fingerprint density at radius 2 is 1.97 bits per heavy atom. The molecule has 0 saturated carbocycles. The van der Waals surface area contributed by atoms with Crippen LogP contribution in [0.3, 0.4) is 0 Å². The van der Waals surface area contributed by atoms with Gasteiger partial charge in [0.15, 0.2) is 23.4 Å². The van der Waals surface area contributed by atoms with E-state index in [4.69, 9.17) is 4.74 Å². The van der Waals surface area contributed by atoms with E-state index in [1.807, 2.05) is 58.9 Å². The van der Waals surface area contributed by atoms with Gasteiger partial charge in [-0.25, -0.2) is 14.4 Å². The van der Waals surface area contributed by atoms with Crippen molar-refractivity contribution in [2.45, 2.75) is 46.3 Å². The standard InChI is InChI=1S/C27H30FN6O2/c1-16-13-33(14-17(2)34(16)26(35)36-27(3,4)5)21-7-8-23-19(10-21)12-29-25(30-23)18-9-20-15-32(6)31-24(20)22(28)11-18/h7-12,15-16H,13-14H2,1-6H3/q+1/t16-/m0/s1. The van der Waals surface area contributed by atoms with Crippen LogP contribution in [0.4, 0.5) is 14.9 Å². The first kappa shape index (κ1) is 23.8. The summed E-state index contributed by atoms with van der Waals surface area (Å²) in [7, 11) is 1.76. The number of hydrogen-bond donors (Lipinski definition) is 0. The largest absolute Gasteiger partial charge is 0.597 e. The molecule has 1 amide bonds. The van der Waals surface area contributed by atoms with E-state index in [1.165, 1.54) is 6.07 Å². The molecule has 0 aliphatic carbocycles. The number of aromatic nitrogens is 4. The molecule has 1 aliphatic rings. The second-order valence-corrected chi connectivity index (χ2v) is 10.5. The number of hydrogen-bond acceptors (Lipinski definition) is 6. The molecule has 0 saturated heterocycles. The lowest BCUT2D eigenvalue weighted by atomic mass is 10.1. The molecule has 1 aliphatic heterocycles. The normalized spacial score (nSPS) is 16.8. The number of carbonyl (C=O) groups excluding carboxylic acids is 1. The molecule has 0 N–H and O–H groups in total. The van der Waals surface area contributed by atoms with Gasteiger partial charge in [-0.3, -0.25) is 4.68 Å². The Morgan fingerprint density at radius 3 is 2.69 bits per heavy atom. The average molecular weight is 490 g/mol. The SMILES string of the molecule is CC1=[N+](C(=O)OC(C)(C)C)[C@@H](C)CN(c2ccc3nc(-c4cc(F)c5nn(C)cc5c4)ncc3c2)C1. The summed E-state index contributed by atoms with van der Waals surface area (Å²) in [6, 6.07) is 9.26. The third kappa shape index (κ3) is 4.53. The Hall–Kier alpha value is -3.88. The van der Waals surface area contributed by atoms with Crippen LogP contribution in [0.25, 0.3) is 33.2 Å². The molecule has 0 radical (unpaired) electrons. The van der Waals surface area contributed by atoms with Crippen LogP contribution in [-0.4, -0.2) is 60.9 Å². The molecule has 0 fully saturated rings. The van der Waals surface area contributed by atoms with Gasteiger partial charge in [0.05, 0.1) is 18.6 Å². The second-order valence-electron chi connectivity index (χ2n) is 10.5. The van der Waals surface area contributed by atoms with Crippen molar-refractivity contribution in [3.8, 4) is 11.4 Å². The lowest BCUT2D eigenvalue weighted by molar-refractivity contribution is -0.488. The van der Waals surface area contributed by atoms with Crippen molar-refractivity contribution in [2.75, 3.05) is 18.0 Å². The summed E-state index contributed by atoms with van der Waals surface area (Å²) in [6.07, 6.45) is 3.23. The molecule has 0 unspecified atom stereocenters. The van der Waals surface area contributed by atoms with Gasteiger partial charge in [0.25, 0.3) is 0 Å². The summed E-state index contributed by atoms with van der Waals surface area (Å²) < 4.78 is 23.5. The van der Waals surface area contributed by atoms with Gasteiger partial charge in [-0.15, -0.1) is 4.58 Å². The fraction of sp³-hybridized carbons (Fsp3) is 0.370. The molecule has 5 rings (SSSR count). The number of anilines is 1. The van der Waals surface area contributed by atoms with E-state index in [1.54, 1.807) is 28.7 Å². The molecule has 186 valence electrons. The van der Waals surface area contributed by atoms with E-state index >= 15 is 0 Å². The summed E-state index contributed by atoms with van der Waals surface area (Å²) in [5.74, 6) is 0.0667. The first-order chi connectivity index (χ1) is 17.0. The number of ether oxygens (including phenoxy) is 1. The highest BCUT2D eigenvalue weighted by Gasteiger charge is 2.37. The number of benzene rings is 2. The molecular weight excluding hydrogens is 459 g/mol. The minimum atomic E-state index is -0.541. The first-order valence-corrected chi connectivity index (χ1v) is 12.0. The zero-order chi connectivity index (χ0) is 25.8. The molecule has 2 aromatic carbocycles. The summed E-state index contributed by atoms with van der Waals surface area (Å²) in [5.41, 5.74) is 3.13. The van der Waals surface area contributed by atoms with Gasteiger partial charge in [-0.1, -0.05) is 0 Å². The van der Waals surface area contributed by atoms with E-state index in [2.05, 4.69) is 20.0 Å². The Balaban J connectivity index is 1.42. The topological polar surface area (TPSA) is 76.2 Å². The minimum absolute atomic E-state index is 0.0415. The Morgan fingerprint density at radius 1 is 1.19 bits per heavy atom. The Labute approximate surface area is 209 Å². The number of nitrogens with zero attached hydrogens (tertiary/aromatic N) is 6. The van der Waals surface area contributed by atoms with Crippen LogP contribution in [0.15, 0.2) is 42.7 Å². The third-order valence-electron chi connectivity index (χ3n) is 6.21. The van der Waals surface area contributed by atoms with E-state index < -0.39 is 11.4 Å². The fourth-order valence-electron chi connectivity index (χ4n) is 4.74. The quantitative estimate of drug-likeness (QED) is 0.371. The van der Waals surface area contributed by atoms with E-state index in [9.17, 15) is 9.18 Å². The number of halogens is 1. The Bertz CT molecular complexity index is 1530. The summed E-state index contributed by atoms with van der Waals surface area (Å²) in [5, 5.41) is 5.75. The predicted octanol–water partition coefficient (Wildman–Crippen LogP) is 4.94. The number of fused-ring (bicyclic) bond motifs is 2. The molecule has 4 aromatic rings. The monoisotopic (exact) mass is 489 g/mol. The minimum Gasteiger partial charge on any atom is -0.406 e. The van der Waals surface area contributed by atoms with Crippen LogP contribution in [0, 0.1) is 5.82 Å². The van der Waals surface area contributed by atoms with Crippen molar-refractivity contribution >= 4 is 39.3 Å². The van der Waals surface area contributed by atoms with E-state index in [0.29, 0.717) is 35.4 Å². The third-order valence-corrected chi connectivity index (χ3v) is 6.21. The maximum Gasteiger partial charge on any atom is 0.597 e. The number of rotatable bonds is 2. The number of amides is 1. The van der Waals surface area contributed by atoms with Gasteiger partial charge in [0.2, 0.25) is 0 Å². The van der Waals surface area contributed by atoms with Crippen molar-refractivity contribution in [1.29, 1.82) is 0 Å². The molecule has 9 heteroatoms. The van der Waals surface area contributed by atoms with Gasteiger partial charge in [-0.05, 0) is 58.0 Å². The van der Waals surface area contributed by atoms with Crippen LogP contribution < -0.4 is 4.90 Å². The van der Waals surface area contributed by atoms with Crippen molar-refractivity contribution in [2.24, 2.45) is 7.05 Å². The van der Waals surface area contributed by atoms with Crippen molar-refractivity contribution in [3.63, 3.8) is 0 Å². The molecule has 1 atom stereocenters. The summed E-state index contributed by atoms with van der Waals surface area (Å²) in [4.78, 5) is 24.2. The van der Waals surface area contributed by atoms with Crippen molar-refractivity contribution in [3.05, 3.63) is 48.5 Å². The zero-order valence-corrected chi connectivity index (χ0v) is 21.4. The summed E-state index contributed by atoms with van der Waals surface area (Å²) in [6.45, 7) is 10.9. The Kier molecular flexibility index (Phi) is 5.73. The van der Waals surface area contributed by atoms with Gasteiger partial charge in [0.1, 0.15) is 11.1 Å². The van der Waals surface area contributed by atoms with Crippen LogP contribution in [-0.2, 0) is 11.8 Å². The van der Waals surface area contributed by atoms with Crippen molar-refractivity contribution in [1.82, 2.24) is 19.7 Å².